The van der Waals surface area contributed by atoms with Crippen molar-refractivity contribution in [1.82, 2.24) is 14.9 Å². The Bertz CT molecular complexity index is 496. The number of imidazole rings is 1. The van der Waals surface area contributed by atoms with E-state index in [-0.39, 0.29) is 0 Å². The molecule has 5 heteroatoms. The molecule has 0 aromatic carbocycles. The van der Waals surface area contributed by atoms with E-state index in [0.717, 1.165) is 18.7 Å². The van der Waals surface area contributed by atoms with Gasteiger partial charge in [-0.2, -0.15) is 0 Å². The van der Waals surface area contributed by atoms with Crippen LogP contribution in [0.4, 0.5) is 0 Å². The second kappa shape index (κ2) is 5.95. The van der Waals surface area contributed by atoms with Crippen LogP contribution in [0.15, 0.2) is 0 Å². The van der Waals surface area contributed by atoms with Gasteiger partial charge in [-0.05, 0) is 52.5 Å². The third-order valence-electron chi connectivity index (χ3n) is 4.30. The second-order valence-corrected chi connectivity index (χ2v) is 5.83. The topological polar surface area (TPSA) is 67.2 Å². The van der Waals surface area contributed by atoms with Crippen LogP contribution in [0, 0.1) is 6.92 Å². The summed E-state index contributed by atoms with van der Waals surface area (Å²) in [4.78, 5) is 16.1. The molecule has 2 N–H and O–H groups in total. The molecule has 0 fully saturated rings. The molecule has 0 aliphatic heterocycles. The Morgan fingerprint density at radius 1 is 1.45 bits per heavy atom. The van der Waals surface area contributed by atoms with Crippen molar-refractivity contribution >= 4 is 5.97 Å². The van der Waals surface area contributed by atoms with E-state index in [4.69, 9.17) is 0 Å². The Morgan fingerprint density at radius 2 is 2.15 bits per heavy atom. The van der Waals surface area contributed by atoms with Crippen molar-refractivity contribution in [3.8, 4) is 0 Å². The van der Waals surface area contributed by atoms with Crippen molar-refractivity contribution in [3.05, 3.63) is 17.2 Å². The van der Waals surface area contributed by atoms with Crippen LogP contribution in [0.25, 0.3) is 0 Å². The van der Waals surface area contributed by atoms with Gasteiger partial charge in [0.1, 0.15) is 11.4 Å². The van der Waals surface area contributed by atoms with Gasteiger partial charge in [0.15, 0.2) is 0 Å². The van der Waals surface area contributed by atoms with Crippen LogP contribution in [0.1, 0.15) is 50.3 Å². The summed E-state index contributed by atoms with van der Waals surface area (Å²) >= 11 is 0. The molecular weight excluding hydrogens is 254 g/mol. The molecule has 1 aliphatic rings. The minimum Gasteiger partial charge on any atom is -0.480 e. The molecule has 5 nitrogen and oxygen atoms in total. The number of fused-ring (bicyclic) bond motifs is 1. The zero-order chi connectivity index (χ0) is 14.8. The Hall–Kier alpha value is -1.36. The summed E-state index contributed by atoms with van der Waals surface area (Å²) in [6.07, 6.45) is 5.13. The van der Waals surface area contributed by atoms with Crippen molar-refractivity contribution < 1.29 is 9.90 Å². The lowest BCUT2D eigenvalue weighted by Crippen LogP contribution is -2.50. The predicted octanol–water partition coefficient (Wildman–Crippen LogP) is 1.91. The Labute approximate surface area is 120 Å². The third kappa shape index (κ3) is 2.87. The van der Waals surface area contributed by atoms with Gasteiger partial charge in [-0.25, -0.2) is 4.98 Å². The van der Waals surface area contributed by atoms with E-state index >= 15 is 0 Å². The number of hydrogen-bond acceptors (Lipinski definition) is 3. The first-order valence-electron chi connectivity index (χ1n) is 7.51. The Balaban J connectivity index is 2.14. The second-order valence-electron chi connectivity index (χ2n) is 5.83. The molecule has 0 saturated carbocycles. The summed E-state index contributed by atoms with van der Waals surface area (Å²) in [5.74, 6) is 0.229. The minimum absolute atomic E-state index is 0.569. The zero-order valence-electron chi connectivity index (χ0n) is 12.7. The van der Waals surface area contributed by atoms with Gasteiger partial charge < -0.3 is 15.0 Å². The summed E-state index contributed by atoms with van der Waals surface area (Å²) in [5.41, 5.74) is 1.67. The first kappa shape index (κ1) is 15.0. The fraction of sp³-hybridized carbons (Fsp3) is 0.733. The summed E-state index contributed by atoms with van der Waals surface area (Å²) in [5, 5.41) is 12.5. The average molecular weight is 279 g/mol. The molecule has 1 aromatic rings. The van der Waals surface area contributed by atoms with Crippen LogP contribution in [-0.4, -0.2) is 32.7 Å². The Kier molecular flexibility index (Phi) is 4.48. The van der Waals surface area contributed by atoms with Gasteiger partial charge >= 0.3 is 5.97 Å². The number of carboxylic acids is 1. The lowest BCUT2D eigenvalue weighted by Gasteiger charge is -2.26. The number of aliphatic carboxylic acids is 1. The number of carbonyl (C=O) groups is 1. The summed E-state index contributed by atoms with van der Waals surface area (Å²) < 4.78 is 2.22. The maximum absolute atomic E-state index is 11.5. The van der Waals surface area contributed by atoms with Crippen molar-refractivity contribution in [2.45, 2.75) is 65.0 Å². The number of nitrogens with one attached hydrogen (secondary N) is 1. The fourth-order valence-corrected chi connectivity index (χ4v) is 3.03. The number of likely N-dealkylation sites (N-methyl/N-ethyl adjacent to an activating group) is 1. The first-order valence-corrected chi connectivity index (χ1v) is 7.51. The lowest BCUT2D eigenvalue weighted by molar-refractivity contribution is -0.144. The number of aryl methyl sites for hydroxylation is 2. The largest absolute Gasteiger partial charge is 0.480 e. The summed E-state index contributed by atoms with van der Waals surface area (Å²) in [6.45, 7) is 7.08. The van der Waals surface area contributed by atoms with Crippen molar-refractivity contribution in [1.29, 1.82) is 0 Å². The molecule has 0 bridgehead atoms. The van der Waals surface area contributed by atoms with E-state index in [1.165, 1.54) is 24.2 Å². The summed E-state index contributed by atoms with van der Waals surface area (Å²) in [6, 6.07) is 0. The van der Waals surface area contributed by atoms with Crippen molar-refractivity contribution in [2.24, 2.45) is 0 Å². The summed E-state index contributed by atoms with van der Waals surface area (Å²) in [7, 11) is 0. The molecule has 1 atom stereocenters. The molecule has 0 amide bonds. The van der Waals surface area contributed by atoms with E-state index in [9.17, 15) is 9.90 Å². The van der Waals surface area contributed by atoms with Crippen molar-refractivity contribution in [3.63, 3.8) is 0 Å². The molecule has 0 spiro atoms. The van der Waals surface area contributed by atoms with Gasteiger partial charge in [-0.3, -0.25) is 4.79 Å². The number of carboxylic acid groups (broad SMARTS) is 1. The number of aromatic nitrogens is 2. The molecule has 1 heterocycles. The quantitative estimate of drug-likeness (QED) is 0.835. The number of nitrogens with zero attached hydrogens (tertiary/aromatic N) is 2. The van der Waals surface area contributed by atoms with E-state index in [1.807, 2.05) is 13.8 Å². The molecule has 112 valence electrons. The van der Waals surface area contributed by atoms with Crippen LogP contribution in [-0.2, 0) is 24.2 Å². The van der Waals surface area contributed by atoms with Gasteiger partial charge in [0.25, 0.3) is 0 Å². The van der Waals surface area contributed by atoms with Gasteiger partial charge in [-0.15, -0.1) is 0 Å². The van der Waals surface area contributed by atoms with Crippen LogP contribution < -0.4 is 5.32 Å². The normalized spacial score (nSPS) is 17.6. The van der Waals surface area contributed by atoms with Gasteiger partial charge in [0.2, 0.25) is 0 Å². The van der Waals surface area contributed by atoms with Gasteiger partial charge in [0.05, 0.1) is 5.69 Å². The molecule has 1 unspecified atom stereocenters. The highest BCUT2D eigenvalue weighted by Crippen LogP contribution is 2.23. The smallest absolute Gasteiger partial charge is 0.323 e. The molecule has 0 saturated heterocycles. The van der Waals surface area contributed by atoms with E-state index in [1.54, 1.807) is 6.92 Å². The highest BCUT2D eigenvalue weighted by molar-refractivity contribution is 5.78. The molecule has 2 rings (SSSR count). The number of rotatable bonds is 6. The molecule has 1 aliphatic carbocycles. The highest BCUT2D eigenvalue weighted by atomic mass is 16.4. The van der Waals surface area contributed by atoms with Crippen LogP contribution in [0.3, 0.4) is 0 Å². The molecule has 1 aromatic heterocycles. The lowest BCUT2D eigenvalue weighted by atomic mass is 9.97. The van der Waals surface area contributed by atoms with Crippen LogP contribution >= 0.6 is 0 Å². The Morgan fingerprint density at radius 3 is 2.80 bits per heavy atom. The molecule has 0 radical (unpaired) electrons. The number of hydrogen-bond donors (Lipinski definition) is 2. The average Bonchev–Trinajstić information content (AvgIpc) is 2.72. The predicted molar refractivity (Wildman–Crippen MR) is 77.9 cm³/mol. The maximum Gasteiger partial charge on any atom is 0.323 e. The molecular formula is C15H25N3O2. The van der Waals surface area contributed by atoms with Crippen LogP contribution in [0.2, 0.25) is 0 Å². The van der Waals surface area contributed by atoms with E-state index in [2.05, 4.69) is 14.9 Å². The fourth-order valence-electron chi connectivity index (χ4n) is 3.03. The SMILES string of the molecule is CCNC(C)(CCn1c(C)nc2c1CCCC2)C(=O)O. The zero-order valence-corrected chi connectivity index (χ0v) is 12.7. The maximum atomic E-state index is 11.5. The molecule has 20 heavy (non-hydrogen) atoms. The standard InChI is InChI=1S/C15H25N3O2/c1-4-16-15(3,14(19)20)9-10-18-11(2)17-12-7-5-6-8-13(12)18/h16H,4-10H2,1-3H3,(H,19,20). The van der Waals surface area contributed by atoms with Crippen LogP contribution in [0.5, 0.6) is 0 Å². The monoisotopic (exact) mass is 279 g/mol. The third-order valence-corrected chi connectivity index (χ3v) is 4.30. The van der Waals surface area contributed by atoms with E-state index < -0.39 is 11.5 Å². The van der Waals surface area contributed by atoms with Gasteiger partial charge in [-0.1, -0.05) is 6.92 Å². The highest BCUT2D eigenvalue weighted by Gasteiger charge is 2.32. The van der Waals surface area contributed by atoms with Crippen molar-refractivity contribution in [2.75, 3.05) is 6.54 Å². The van der Waals surface area contributed by atoms with E-state index in [0.29, 0.717) is 19.5 Å². The van der Waals surface area contributed by atoms with Gasteiger partial charge in [0, 0.05) is 12.2 Å². The first-order chi connectivity index (χ1) is 9.48. The minimum atomic E-state index is -0.868.